The highest BCUT2D eigenvalue weighted by Gasteiger charge is 2.60. The van der Waals surface area contributed by atoms with Gasteiger partial charge in [-0.2, -0.15) is 5.06 Å². The van der Waals surface area contributed by atoms with Crippen LogP contribution in [0.2, 0.25) is 5.02 Å². The van der Waals surface area contributed by atoms with Crippen LogP contribution in [0.15, 0.2) is 54.6 Å². The Hall–Kier alpha value is -2.74. The van der Waals surface area contributed by atoms with Crippen LogP contribution in [-0.4, -0.2) is 40.3 Å². The summed E-state index contributed by atoms with van der Waals surface area (Å²) in [5.74, 6) is -1.86. The molecule has 2 aromatic rings. The lowest BCUT2D eigenvalue weighted by Gasteiger charge is -2.29. The van der Waals surface area contributed by atoms with Gasteiger partial charge in [-0.3, -0.25) is 24.1 Å². The van der Waals surface area contributed by atoms with Crippen molar-refractivity contribution in [2.75, 3.05) is 6.54 Å². The molecule has 2 aliphatic rings. The Balaban J connectivity index is 1.67. The van der Waals surface area contributed by atoms with Crippen LogP contribution in [0.25, 0.3) is 0 Å². The summed E-state index contributed by atoms with van der Waals surface area (Å²) in [6.07, 6.45) is -0.882. The largest absolute Gasteiger partial charge is 0.370 e. The van der Waals surface area contributed by atoms with Gasteiger partial charge in [0.2, 0.25) is 11.8 Å². The average Bonchev–Trinajstić information content (AvgIpc) is 3.23. The summed E-state index contributed by atoms with van der Waals surface area (Å²) in [7, 11) is 0. The molecule has 7 nitrogen and oxygen atoms in total. The van der Waals surface area contributed by atoms with E-state index in [-0.39, 0.29) is 24.8 Å². The zero-order valence-corrected chi connectivity index (χ0v) is 17.2. The number of imide groups is 1. The van der Waals surface area contributed by atoms with E-state index in [0.717, 1.165) is 11.1 Å². The van der Waals surface area contributed by atoms with Crippen LogP contribution in [0, 0.1) is 5.92 Å². The van der Waals surface area contributed by atoms with Gasteiger partial charge in [0.1, 0.15) is 0 Å². The van der Waals surface area contributed by atoms with Crippen molar-refractivity contribution in [1.29, 1.82) is 0 Å². The highest BCUT2D eigenvalue weighted by atomic mass is 35.5. The van der Waals surface area contributed by atoms with Gasteiger partial charge in [0.05, 0.1) is 18.0 Å². The molecule has 3 amide bonds. The minimum absolute atomic E-state index is 0.0516. The average molecular weight is 428 g/mol. The van der Waals surface area contributed by atoms with Crippen LogP contribution in [0.5, 0.6) is 0 Å². The predicted octanol–water partition coefficient (Wildman–Crippen LogP) is 2.62. The third-order valence-electron chi connectivity index (χ3n) is 5.69. The first kappa shape index (κ1) is 20.5. The summed E-state index contributed by atoms with van der Waals surface area (Å²) >= 11 is 6.02. The molecule has 4 rings (SSSR count). The van der Waals surface area contributed by atoms with E-state index in [1.165, 1.54) is 9.96 Å². The lowest BCUT2D eigenvalue weighted by Crippen LogP contribution is -2.39. The van der Waals surface area contributed by atoms with Gasteiger partial charge >= 0.3 is 0 Å². The molecule has 2 aromatic carbocycles. The van der Waals surface area contributed by atoms with Crippen molar-refractivity contribution in [3.05, 3.63) is 70.7 Å². The monoisotopic (exact) mass is 427 g/mol. The molecular formula is C22H22ClN3O4. The molecule has 156 valence electrons. The number of rotatable bonds is 6. The number of benzene rings is 2. The molecule has 4 unspecified atom stereocenters. The molecular weight excluding hydrogens is 406 g/mol. The van der Waals surface area contributed by atoms with Crippen molar-refractivity contribution in [1.82, 2.24) is 9.96 Å². The van der Waals surface area contributed by atoms with E-state index in [1.807, 2.05) is 37.3 Å². The highest BCUT2D eigenvalue weighted by Crippen LogP contribution is 2.46. The molecule has 0 radical (unpaired) electrons. The smallest absolute Gasteiger partial charge is 0.261 e. The first-order valence-corrected chi connectivity index (χ1v) is 10.2. The van der Waals surface area contributed by atoms with Crippen LogP contribution in [0.1, 0.15) is 36.6 Å². The van der Waals surface area contributed by atoms with Crippen molar-refractivity contribution >= 4 is 29.3 Å². The first-order valence-electron chi connectivity index (χ1n) is 9.77. The Morgan fingerprint density at radius 1 is 1.10 bits per heavy atom. The molecule has 2 aliphatic heterocycles. The number of likely N-dealkylation sites (tertiary alicyclic amines) is 1. The minimum Gasteiger partial charge on any atom is -0.370 e. The first-order chi connectivity index (χ1) is 14.4. The van der Waals surface area contributed by atoms with E-state index in [2.05, 4.69) is 0 Å². The maximum atomic E-state index is 13.4. The van der Waals surface area contributed by atoms with Crippen molar-refractivity contribution in [2.24, 2.45) is 11.7 Å². The quantitative estimate of drug-likeness (QED) is 0.715. The van der Waals surface area contributed by atoms with E-state index in [1.54, 1.807) is 24.3 Å². The fraction of sp³-hybridized carbons (Fsp3) is 0.318. The van der Waals surface area contributed by atoms with Gasteiger partial charge in [-0.25, -0.2) is 0 Å². The second kappa shape index (κ2) is 8.18. The molecule has 0 aromatic heterocycles. The molecule has 4 atom stereocenters. The standard InChI is InChI=1S/C22H22ClN3O4/c1-13(14-5-3-2-4-6-14)26-21(28)18-19(15-7-9-16(23)10-8-15)25(12-11-17(24)27)30-20(18)22(26)29/h2-10,13,18-20H,11-12H2,1H3,(H2,24,27). The molecule has 2 fully saturated rings. The number of halogens is 1. The zero-order valence-electron chi connectivity index (χ0n) is 16.4. The molecule has 30 heavy (non-hydrogen) atoms. The normalized spacial score (nSPS) is 24.9. The number of carbonyl (C=O) groups excluding carboxylic acids is 3. The number of nitrogens with zero attached hydrogens (tertiary/aromatic N) is 2. The summed E-state index contributed by atoms with van der Waals surface area (Å²) < 4.78 is 0. The van der Waals surface area contributed by atoms with E-state index in [9.17, 15) is 14.4 Å². The summed E-state index contributed by atoms with van der Waals surface area (Å²) in [5, 5.41) is 2.09. The fourth-order valence-electron chi connectivity index (χ4n) is 4.20. The number of primary amides is 1. The molecule has 2 saturated heterocycles. The van der Waals surface area contributed by atoms with E-state index >= 15 is 0 Å². The fourth-order valence-corrected chi connectivity index (χ4v) is 4.33. The van der Waals surface area contributed by atoms with Gasteiger partial charge in [-0.15, -0.1) is 0 Å². The Bertz CT molecular complexity index is 966. The molecule has 2 N–H and O–H groups in total. The second-order valence-corrected chi connectivity index (χ2v) is 7.97. The maximum Gasteiger partial charge on any atom is 0.261 e. The molecule has 8 heteroatoms. The number of amides is 3. The molecule has 0 aliphatic carbocycles. The third kappa shape index (κ3) is 3.60. The lowest BCUT2D eigenvalue weighted by molar-refractivity contribution is -0.181. The van der Waals surface area contributed by atoms with Crippen LogP contribution >= 0.6 is 11.6 Å². The number of carbonyl (C=O) groups is 3. The topological polar surface area (TPSA) is 92.9 Å². The van der Waals surface area contributed by atoms with Crippen LogP contribution in [-0.2, 0) is 19.2 Å². The van der Waals surface area contributed by atoms with E-state index in [0.29, 0.717) is 5.02 Å². The van der Waals surface area contributed by atoms with Gasteiger partial charge in [-0.1, -0.05) is 54.1 Å². The SMILES string of the molecule is CC(c1ccccc1)N1C(=O)C2ON(CCC(N)=O)C(c3ccc(Cl)cc3)C2C1=O. The van der Waals surface area contributed by atoms with Crippen molar-refractivity contribution < 1.29 is 19.2 Å². The Morgan fingerprint density at radius 3 is 2.40 bits per heavy atom. The summed E-state index contributed by atoms with van der Waals surface area (Å²) in [4.78, 5) is 45.1. The van der Waals surface area contributed by atoms with Crippen LogP contribution < -0.4 is 5.73 Å². The van der Waals surface area contributed by atoms with Gasteiger partial charge in [-0.05, 0) is 30.2 Å². The molecule has 0 saturated carbocycles. The van der Waals surface area contributed by atoms with Gasteiger partial charge in [0, 0.05) is 18.0 Å². The molecule has 0 spiro atoms. The van der Waals surface area contributed by atoms with Crippen LogP contribution in [0.4, 0.5) is 0 Å². The maximum absolute atomic E-state index is 13.4. The Morgan fingerprint density at radius 2 is 1.77 bits per heavy atom. The zero-order chi connectivity index (χ0) is 21.4. The van der Waals surface area contributed by atoms with E-state index < -0.39 is 30.0 Å². The third-order valence-corrected chi connectivity index (χ3v) is 5.94. The second-order valence-electron chi connectivity index (χ2n) is 7.54. The Kier molecular flexibility index (Phi) is 5.60. The van der Waals surface area contributed by atoms with Gasteiger partial charge < -0.3 is 5.73 Å². The predicted molar refractivity (Wildman–Crippen MR) is 110 cm³/mol. The number of hydroxylamine groups is 2. The summed E-state index contributed by atoms with van der Waals surface area (Å²) in [6.45, 7) is 2.01. The van der Waals surface area contributed by atoms with E-state index in [4.69, 9.17) is 22.2 Å². The summed E-state index contributed by atoms with van der Waals surface area (Å²) in [5.41, 5.74) is 6.94. The number of hydrogen-bond acceptors (Lipinski definition) is 5. The van der Waals surface area contributed by atoms with Gasteiger partial charge in [0.15, 0.2) is 6.10 Å². The van der Waals surface area contributed by atoms with Crippen molar-refractivity contribution in [3.8, 4) is 0 Å². The molecule has 0 bridgehead atoms. The lowest BCUT2D eigenvalue weighted by atomic mass is 9.90. The molecule has 2 heterocycles. The van der Waals surface area contributed by atoms with Crippen molar-refractivity contribution in [2.45, 2.75) is 31.5 Å². The minimum atomic E-state index is -0.933. The number of fused-ring (bicyclic) bond motifs is 1. The van der Waals surface area contributed by atoms with Crippen LogP contribution in [0.3, 0.4) is 0 Å². The summed E-state index contributed by atoms with van der Waals surface area (Å²) in [6, 6.07) is 15.5. The number of nitrogens with two attached hydrogens (primary N) is 1. The Labute approximate surface area is 179 Å². The van der Waals surface area contributed by atoms with Gasteiger partial charge in [0.25, 0.3) is 5.91 Å². The highest BCUT2D eigenvalue weighted by molar-refractivity contribution is 6.30. The van der Waals surface area contributed by atoms with Crippen molar-refractivity contribution in [3.63, 3.8) is 0 Å². The number of hydrogen-bond donors (Lipinski definition) is 1.